The predicted octanol–water partition coefficient (Wildman–Crippen LogP) is 3.41. The first-order chi connectivity index (χ1) is 8.19. The fourth-order valence-corrected chi connectivity index (χ4v) is 2.98. The van der Waals surface area contributed by atoms with Gasteiger partial charge in [0.25, 0.3) is 0 Å². The van der Waals surface area contributed by atoms with E-state index in [1.54, 1.807) is 23.6 Å². The Morgan fingerprint density at radius 2 is 2.35 bits per heavy atom. The predicted molar refractivity (Wildman–Crippen MR) is 73.1 cm³/mol. The van der Waals surface area contributed by atoms with Gasteiger partial charge in [-0.3, -0.25) is 0 Å². The van der Waals surface area contributed by atoms with Crippen LogP contribution in [0.5, 0.6) is 0 Å². The second-order valence-electron chi connectivity index (χ2n) is 3.60. The molecule has 0 aromatic carbocycles. The molecule has 0 radical (unpaired) electrons. The summed E-state index contributed by atoms with van der Waals surface area (Å²) in [5.74, 6) is 0. The number of aromatic nitrogens is 1. The van der Waals surface area contributed by atoms with Gasteiger partial charge < -0.3 is 4.90 Å². The highest BCUT2D eigenvalue weighted by molar-refractivity contribution is 9.10. The SMILES string of the molecule is CN(Cc1cc(Br)cs1)c1ccnc(C#N)c1. The molecular formula is C12H10BrN3S. The van der Waals surface area contributed by atoms with Gasteiger partial charge in [0.1, 0.15) is 11.8 Å². The van der Waals surface area contributed by atoms with Gasteiger partial charge in [-0.15, -0.1) is 11.3 Å². The lowest BCUT2D eigenvalue weighted by Gasteiger charge is -2.18. The minimum absolute atomic E-state index is 0.446. The third-order valence-electron chi connectivity index (χ3n) is 2.31. The summed E-state index contributed by atoms with van der Waals surface area (Å²) in [5.41, 5.74) is 1.45. The molecule has 0 atom stereocenters. The highest BCUT2D eigenvalue weighted by atomic mass is 79.9. The van der Waals surface area contributed by atoms with E-state index in [9.17, 15) is 0 Å². The van der Waals surface area contributed by atoms with Crippen molar-refractivity contribution in [3.05, 3.63) is 44.8 Å². The maximum atomic E-state index is 8.80. The largest absolute Gasteiger partial charge is 0.369 e. The topological polar surface area (TPSA) is 39.9 Å². The van der Waals surface area contributed by atoms with Crippen molar-refractivity contribution in [2.45, 2.75) is 6.54 Å². The van der Waals surface area contributed by atoms with Crippen LogP contribution in [-0.4, -0.2) is 12.0 Å². The summed E-state index contributed by atoms with van der Waals surface area (Å²) >= 11 is 5.15. The van der Waals surface area contributed by atoms with Crippen LogP contribution in [-0.2, 0) is 6.54 Å². The van der Waals surface area contributed by atoms with E-state index in [1.165, 1.54) is 4.88 Å². The van der Waals surface area contributed by atoms with Crippen molar-refractivity contribution in [1.82, 2.24) is 4.98 Å². The lowest BCUT2D eigenvalue weighted by Crippen LogP contribution is -2.15. The van der Waals surface area contributed by atoms with Gasteiger partial charge in [0.15, 0.2) is 0 Å². The van der Waals surface area contributed by atoms with Gasteiger partial charge >= 0.3 is 0 Å². The molecule has 0 amide bonds. The third-order valence-corrected chi connectivity index (χ3v) is 4.00. The molecule has 5 heteroatoms. The number of nitrogens with zero attached hydrogens (tertiary/aromatic N) is 3. The summed E-state index contributed by atoms with van der Waals surface area (Å²) in [7, 11) is 2.00. The third kappa shape index (κ3) is 3.05. The first kappa shape index (κ1) is 12.1. The normalized spacial score (nSPS) is 9.94. The molecule has 2 heterocycles. The highest BCUT2D eigenvalue weighted by Crippen LogP contribution is 2.23. The minimum atomic E-state index is 0.446. The molecule has 17 heavy (non-hydrogen) atoms. The van der Waals surface area contributed by atoms with Crippen LogP contribution in [0.2, 0.25) is 0 Å². The lowest BCUT2D eigenvalue weighted by atomic mass is 10.3. The van der Waals surface area contributed by atoms with Gasteiger partial charge in [0.2, 0.25) is 0 Å². The summed E-state index contributed by atoms with van der Waals surface area (Å²) < 4.78 is 1.11. The Morgan fingerprint density at radius 1 is 1.53 bits per heavy atom. The van der Waals surface area contributed by atoms with Crippen LogP contribution in [0.4, 0.5) is 5.69 Å². The van der Waals surface area contributed by atoms with E-state index in [1.807, 2.05) is 19.2 Å². The first-order valence-electron chi connectivity index (χ1n) is 4.99. The fraction of sp³-hybridized carbons (Fsp3) is 0.167. The van der Waals surface area contributed by atoms with Crippen molar-refractivity contribution in [3.63, 3.8) is 0 Å². The van der Waals surface area contributed by atoms with E-state index in [-0.39, 0.29) is 0 Å². The molecule has 0 spiro atoms. The van der Waals surface area contributed by atoms with Crippen molar-refractivity contribution >= 4 is 33.0 Å². The molecule has 0 N–H and O–H groups in total. The number of thiophene rings is 1. The monoisotopic (exact) mass is 307 g/mol. The smallest absolute Gasteiger partial charge is 0.142 e. The van der Waals surface area contributed by atoms with Crippen molar-refractivity contribution in [2.75, 3.05) is 11.9 Å². The van der Waals surface area contributed by atoms with E-state index in [4.69, 9.17) is 5.26 Å². The number of pyridine rings is 1. The molecule has 3 nitrogen and oxygen atoms in total. The Morgan fingerprint density at radius 3 is 3.00 bits per heavy atom. The van der Waals surface area contributed by atoms with Crippen LogP contribution in [0.3, 0.4) is 0 Å². The lowest BCUT2D eigenvalue weighted by molar-refractivity contribution is 0.936. The Kier molecular flexibility index (Phi) is 3.77. The van der Waals surface area contributed by atoms with Crippen LogP contribution in [0.25, 0.3) is 0 Å². The molecule has 0 bridgehead atoms. The zero-order valence-corrected chi connectivity index (χ0v) is 11.6. The molecule has 2 aromatic heterocycles. The van der Waals surface area contributed by atoms with E-state index in [0.29, 0.717) is 5.69 Å². The zero-order chi connectivity index (χ0) is 12.3. The van der Waals surface area contributed by atoms with Crippen LogP contribution < -0.4 is 4.90 Å². The molecule has 86 valence electrons. The van der Waals surface area contributed by atoms with Gasteiger partial charge in [0.05, 0.1) is 6.54 Å². The summed E-state index contributed by atoms with van der Waals surface area (Å²) in [6.07, 6.45) is 1.66. The van der Waals surface area contributed by atoms with Crippen molar-refractivity contribution in [1.29, 1.82) is 5.26 Å². The molecule has 0 aliphatic heterocycles. The highest BCUT2D eigenvalue weighted by Gasteiger charge is 2.05. The molecule has 0 fully saturated rings. The molecule has 0 unspecified atom stereocenters. The Balaban J connectivity index is 2.14. The van der Waals surface area contributed by atoms with Crippen molar-refractivity contribution < 1.29 is 0 Å². The fourth-order valence-electron chi connectivity index (χ4n) is 1.48. The Hall–Kier alpha value is -1.38. The average Bonchev–Trinajstić information content (AvgIpc) is 2.75. The number of rotatable bonds is 3. The zero-order valence-electron chi connectivity index (χ0n) is 9.22. The Labute approximate surface area is 112 Å². The summed E-state index contributed by atoms with van der Waals surface area (Å²) in [6, 6.07) is 7.85. The standard InChI is InChI=1S/C12H10BrN3S/c1-16(7-12-4-9(13)8-17-12)11-2-3-15-10(5-11)6-14/h2-5,8H,7H2,1H3. The molecular weight excluding hydrogens is 298 g/mol. The molecule has 2 aromatic rings. The van der Waals surface area contributed by atoms with Gasteiger partial charge in [-0.25, -0.2) is 4.98 Å². The van der Waals surface area contributed by atoms with E-state index >= 15 is 0 Å². The van der Waals surface area contributed by atoms with E-state index in [0.717, 1.165) is 16.7 Å². The number of hydrogen-bond donors (Lipinski definition) is 0. The molecule has 0 saturated carbocycles. The summed E-state index contributed by atoms with van der Waals surface area (Å²) in [4.78, 5) is 7.33. The maximum absolute atomic E-state index is 8.80. The van der Waals surface area contributed by atoms with Crippen molar-refractivity contribution in [2.24, 2.45) is 0 Å². The molecule has 2 rings (SSSR count). The minimum Gasteiger partial charge on any atom is -0.369 e. The van der Waals surface area contributed by atoms with Gasteiger partial charge in [-0.1, -0.05) is 0 Å². The van der Waals surface area contributed by atoms with E-state index in [2.05, 4.69) is 37.3 Å². The van der Waals surface area contributed by atoms with Gasteiger partial charge in [-0.05, 0) is 34.1 Å². The second-order valence-corrected chi connectivity index (χ2v) is 5.51. The van der Waals surface area contributed by atoms with Crippen LogP contribution >= 0.6 is 27.3 Å². The van der Waals surface area contributed by atoms with Crippen molar-refractivity contribution in [3.8, 4) is 6.07 Å². The average molecular weight is 308 g/mol. The molecule has 0 aliphatic rings. The number of hydrogen-bond acceptors (Lipinski definition) is 4. The van der Waals surface area contributed by atoms with Crippen LogP contribution in [0.15, 0.2) is 34.2 Å². The maximum Gasteiger partial charge on any atom is 0.142 e. The number of anilines is 1. The molecule has 0 saturated heterocycles. The summed E-state index contributed by atoms with van der Waals surface area (Å²) in [5, 5.41) is 10.9. The molecule has 0 aliphatic carbocycles. The van der Waals surface area contributed by atoms with Gasteiger partial charge in [-0.2, -0.15) is 5.26 Å². The van der Waals surface area contributed by atoms with E-state index < -0.39 is 0 Å². The Bertz CT molecular complexity index is 559. The summed E-state index contributed by atoms with van der Waals surface area (Å²) in [6.45, 7) is 0.825. The second kappa shape index (κ2) is 5.30. The van der Waals surface area contributed by atoms with Crippen LogP contribution in [0, 0.1) is 11.3 Å². The van der Waals surface area contributed by atoms with Gasteiger partial charge in [0, 0.05) is 33.7 Å². The van der Waals surface area contributed by atoms with Crippen LogP contribution in [0.1, 0.15) is 10.6 Å². The first-order valence-corrected chi connectivity index (χ1v) is 6.66. The number of nitriles is 1. The number of halogens is 1. The quantitative estimate of drug-likeness (QED) is 0.872.